The third-order valence-electron chi connectivity index (χ3n) is 6.34. The lowest BCUT2D eigenvalue weighted by Gasteiger charge is -2.51. The average Bonchev–Trinajstić information content (AvgIpc) is 2.93. The lowest BCUT2D eigenvalue weighted by atomic mass is 9.66. The first-order valence-electron chi connectivity index (χ1n) is 11.9. The topological polar surface area (TPSA) is 79.2 Å². The van der Waals surface area contributed by atoms with Gasteiger partial charge in [0.15, 0.2) is 5.60 Å². The predicted octanol–water partition coefficient (Wildman–Crippen LogP) is 5.69. The summed E-state index contributed by atoms with van der Waals surface area (Å²) in [4.78, 5) is 20.9. The predicted molar refractivity (Wildman–Crippen MR) is 142 cm³/mol. The van der Waals surface area contributed by atoms with Crippen molar-refractivity contribution < 1.29 is 24.2 Å². The van der Waals surface area contributed by atoms with E-state index < -0.39 is 25.9 Å². The van der Waals surface area contributed by atoms with Gasteiger partial charge in [0.25, 0.3) is 0 Å². The van der Waals surface area contributed by atoms with Gasteiger partial charge in [-0.1, -0.05) is 121 Å². The van der Waals surface area contributed by atoms with Crippen LogP contribution < -0.4 is 0 Å². The SMILES string of the molecule is CC(CO)OC(c1ccccc1)(c1ccccc1)C(Cc1ccccc1)(OP(O)O)c1ccccc1. The van der Waals surface area contributed by atoms with Crippen molar-refractivity contribution in [2.45, 2.75) is 30.7 Å². The highest BCUT2D eigenvalue weighted by Gasteiger charge is 2.59. The first-order valence-corrected chi connectivity index (χ1v) is 13.0. The molecular formula is C30H31O5P. The summed E-state index contributed by atoms with van der Waals surface area (Å²) in [7, 11) is -2.82. The normalized spacial score (nSPS) is 14.4. The molecule has 4 rings (SSSR count). The summed E-state index contributed by atoms with van der Waals surface area (Å²) >= 11 is 0. The molecule has 3 N–H and O–H groups in total. The molecule has 0 spiro atoms. The molecule has 0 aliphatic heterocycles. The van der Waals surface area contributed by atoms with E-state index in [1.165, 1.54) is 0 Å². The van der Waals surface area contributed by atoms with E-state index in [-0.39, 0.29) is 13.0 Å². The third kappa shape index (κ3) is 5.28. The molecule has 0 bridgehead atoms. The first-order chi connectivity index (χ1) is 17.5. The minimum atomic E-state index is -2.82. The molecule has 0 aliphatic rings. The van der Waals surface area contributed by atoms with E-state index in [0.717, 1.165) is 16.7 Å². The zero-order chi connectivity index (χ0) is 25.4. The van der Waals surface area contributed by atoms with Gasteiger partial charge in [0, 0.05) is 6.42 Å². The van der Waals surface area contributed by atoms with E-state index in [1.54, 1.807) is 6.92 Å². The van der Waals surface area contributed by atoms with Gasteiger partial charge in [0.1, 0.15) is 5.60 Å². The maximum absolute atomic E-state index is 10.5. The zero-order valence-electron chi connectivity index (χ0n) is 20.1. The molecule has 36 heavy (non-hydrogen) atoms. The van der Waals surface area contributed by atoms with E-state index >= 15 is 0 Å². The van der Waals surface area contributed by atoms with Crippen molar-refractivity contribution in [1.82, 2.24) is 0 Å². The average molecular weight is 503 g/mol. The van der Waals surface area contributed by atoms with Crippen molar-refractivity contribution in [3.63, 3.8) is 0 Å². The number of aliphatic hydroxyl groups is 1. The Morgan fingerprint density at radius 1 is 0.667 bits per heavy atom. The van der Waals surface area contributed by atoms with E-state index in [0.29, 0.717) is 5.56 Å². The summed E-state index contributed by atoms with van der Waals surface area (Å²) in [5.74, 6) is 0. The molecule has 5 nitrogen and oxygen atoms in total. The van der Waals surface area contributed by atoms with Crippen LogP contribution in [0.3, 0.4) is 0 Å². The molecular weight excluding hydrogens is 471 g/mol. The second-order valence-electron chi connectivity index (χ2n) is 8.72. The molecule has 4 aromatic rings. The van der Waals surface area contributed by atoms with Crippen LogP contribution in [0.4, 0.5) is 0 Å². The van der Waals surface area contributed by atoms with Gasteiger partial charge in [-0.3, -0.25) is 4.52 Å². The van der Waals surface area contributed by atoms with E-state index in [2.05, 4.69) is 0 Å². The quantitative estimate of drug-likeness (QED) is 0.230. The molecule has 6 heteroatoms. The van der Waals surface area contributed by atoms with Crippen LogP contribution >= 0.6 is 8.60 Å². The van der Waals surface area contributed by atoms with Gasteiger partial charge in [0.2, 0.25) is 0 Å². The minimum Gasteiger partial charge on any atom is -0.394 e. The van der Waals surface area contributed by atoms with Crippen molar-refractivity contribution in [2.75, 3.05) is 6.61 Å². The highest BCUT2D eigenvalue weighted by Crippen LogP contribution is 2.57. The van der Waals surface area contributed by atoms with Crippen molar-refractivity contribution in [2.24, 2.45) is 0 Å². The lowest BCUT2D eigenvalue weighted by molar-refractivity contribution is -0.191. The van der Waals surface area contributed by atoms with Gasteiger partial charge in [0.05, 0.1) is 12.7 Å². The first kappa shape index (κ1) is 26.2. The summed E-state index contributed by atoms with van der Waals surface area (Å²) in [5.41, 5.74) is 0.343. The Balaban J connectivity index is 2.16. The van der Waals surface area contributed by atoms with Crippen LogP contribution in [-0.2, 0) is 26.9 Å². The lowest BCUT2D eigenvalue weighted by Crippen LogP contribution is -2.56. The molecule has 0 heterocycles. The molecule has 0 radical (unpaired) electrons. The van der Waals surface area contributed by atoms with Gasteiger partial charge in [-0.2, -0.15) is 0 Å². The fourth-order valence-electron chi connectivity index (χ4n) is 4.86. The molecule has 0 saturated carbocycles. The number of hydrogen-bond donors (Lipinski definition) is 3. The van der Waals surface area contributed by atoms with Gasteiger partial charge in [-0.25, -0.2) is 0 Å². The second-order valence-corrected chi connectivity index (χ2v) is 9.41. The third-order valence-corrected chi connectivity index (χ3v) is 6.81. The molecule has 2 atom stereocenters. The van der Waals surface area contributed by atoms with E-state index in [9.17, 15) is 14.9 Å². The Labute approximate surface area is 213 Å². The Morgan fingerprint density at radius 2 is 1.08 bits per heavy atom. The van der Waals surface area contributed by atoms with Crippen LogP contribution in [0.2, 0.25) is 0 Å². The van der Waals surface area contributed by atoms with Crippen LogP contribution in [0, 0.1) is 0 Å². The van der Waals surface area contributed by atoms with Crippen LogP contribution in [-0.4, -0.2) is 27.6 Å². The Hall–Kier alpha value is -2.89. The molecule has 4 aromatic carbocycles. The van der Waals surface area contributed by atoms with Gasteiger partial charge in [-0.05, 0) is 29.2 Å². The van der Waals surface area contributed by atoms with Crippen LogP contribution in [0.25, 0.3) is 0 Å². The summed E-state index contributed by atoms with van der Waals surface area (Å²) in [6.07, 6.45) is -0.337. The number of benzene rings is 4. The van der Waals surface area contributed by atoms with Crippen molar-refractivity contribution >= 4 is 8.60 Å². The Kier molecular flexibility index (Phi) is 8.65. The molecule has 0 aliphatic carbocycles. The summed E-state index contributed by atoms with van der Waals surface area (Å²) in [6, 6.07) is 38.6. The fraction of sp³-hybridized carbons (Fsp3) is 0.200. The standard InChI is InChI=1S/C30H31O5P/c1-24(23-31)34-30(27-18-10-4-11-19-27,28-20-12-5-13-21-28)29(35-36(32)33,26-16-8-3-9-17-26)22-25-14-6-2-7-15-25/h2-21,24,31-33H,22-23H2,1H3. The van der Waals surface area contributed by atoms with E-state index in [4.69, 9.17) is 9.26 Å². The largest absolute Gasteiger partial charge is 0.394 e. The Bertz CT molecular complexity index is 1150. The zero-order valence-corrected chi connectivity index (χ0v) is 21.0. The smallest absolute Gasteiger partial charge is 0.328 e. The van der Waals surface area contributed by atoms with Crippen LogP contribution in [0.5, 0.6) is 0 Å². The molecule has 0 saturated heterocycles. The van der Waals surface area contributed by atoms with Gasteiger partial charge in [-0.15, -0.1) is 0 Å². The van der Waals surface area contributed by atoms with Gasteiger partial charge < -0.3 is 19.6 Å². The molecule has 0 fully saturated rings. The molecule has 186 valence electrons. The molecule has 2 unspecified atom stereocenters. The van der Waals surface area contributed by atoms with Crippen LogP contribution in [0.1, 0.15) is 29.2 Å². The second kappa shape index (κ2) is 11.9. The number of hydrogen-bond acceptors (Lipinski definition) is 5. The number of aliphatic hydroxyl groups excluding tert-OH is 1. The molecule has 0 amide bonds. The van der Waals surface area contributed by atoms with Crippen molar-refractivity contribution in [1.29, 1.82) is 0 Å². The van der Waals surface area contributed by atoms with Crippen molar-refractivity contribution in [3.8, 4) is 0 Å². The highest BCUT2D eigenvalue weighted by atomic mass is 31.2. The molecule has 0 aromatic heterocycles. The number of rotatable bonds is 11. The maximum atomic E-state index is 10.5. The Morgan fingerprint density at radius 3 is 1.50 bits per heavy atom. The highest BCUT2D eigenvalue weighted by molar-refractivity contribution is 7.39. The van der Waals surface area contributed by atoms with E-state index in [1.807, 2.05) is 121 Å². The van der Waals surface area contributed by atoms with Crippen molar-refractivity contribution in [3.05, 3.63) is 144 Å². The van der Waals surface area contributed by atoms with Crippen LogP contribution in [0.15, 0.2) is 121 Å². The summed E-state index contributed by atoms with van der Waals surface area (Å²) in [6.45, 7) is 1.56. The monoisotopic (exact) mass is 502 g/mol. The summed E-state index contributed by atoms with van der Waals surface area (Å²) < 4.78 is 13.2. The maximum Gasteiger partial charge on any atom is 0.328 e. The summed E-state index contributed by atoms with van der Waals surface area (Å²) in [5, 5.41) is 10.1. The minimum absolute atomic E-state index is 0.232. The fourth-order valence-corrected chi connectivity index (χ4v) is 5.44. The number of ether oxygens (including phenoxy) is 1. The van der Waals surface area contributed by atoms with Gasteiger partial charge >= 0.3 is 8.60 Å².